The number of nitrogens with two attached hydrogens (primary N) is 1. The van der Waals surface area contributed by atoms with Gasteiger partial charge in [-0.25, -0.2) is 0 Å². The molecule has 17 heavy (non-hydrogen) atoms. The van der Waals surface area contributed by atoms with Gasteiger partial charge >= 0.3 is 0 Å². The average molecular weight is 231 g/mol. The van der Waals surface area contributed by atoms with Crippen molar-refractivity contribution in [2.45, 2.75) is 18.9 Å². The molecule has 1 aliphatic heterocycles. The van der Waals surface area contributed by atoms with Crippen LogP contribution < -0.4 is 5.73 Å². The molecule has 1 aromatic carbocycles. The van der Waals surface area contributed by atoms with E-state index in [1.54, 1.807) is 0 Å². The number of rotatable bonds is 1. The first-order valence-corrected chi connectivity index (χ1v) is 6.53. The molecule has 1 aromatic rings. The first kappa shape index (κ1) is 11.1. The Morgan fingerprint density at radius 2 is 1.88 bits per heavy atom. The molecule has 1 fully saturated rings. The summed E-state index contributed by atoms with van der Waals surface area (Å²) in [4.78, 5) is 5.05. The summed E-state index contributed by atoms with van der Waals surface area (Å²) in [5.74, 6) is 0. The summed E-state index contributed by atoms with van der Waals surface area (Å²) in [7, 11) is 2.21. The maximum absolute atomic E-state index is 6.06. The van der Waals surface area contributed by atoms with E-state index >= 15 is 0 Å². The van der Waals surface area contributed by atoms with E-state index in [0.29, 0.717) is 6.04 Å². The molecule has 92 valence electrons. The van der Waals surface area contributed by atoms with Crippen molar-refractivity contribution in [3.05, 3.63) is 29.3 Å². The van der Waals surface area contributed by atoms with Crippen LogP contribution in [0.5, 0.6) is 0 Å². The van der Waals surface area contributed by atoms with Crippen LogP contribution in [0.15, 0.2) is 18.2 Å². The third kappa shape index (κ3) is 2.05. The van der Waals surface area contributed by atoms with Crippen LogP contribution in [-0.4, -0.2) is 49.1 Å². The van der Waals surface area contributed by atoms with Gasteiger partial charge in [0.25, 0.3) is 0 Å². The first-order chi connectivity index (χ1) is 8.24. The second-order valence-corrected chi connectivity index (χ2v) is 5.39. The summed E-state index contributed by atoms with van der Waals surface area (Å²) in [5, 5.41) is 0. The minimum atomic E-state index is 0.684. The molecule has 0 amide bonds. The Kier molecular flexibility index (Phi) is 2.81. The molecular formula is C14H21N3. The monoisotopic (exact) mass is 231 g/mol. The summed E-state index contributed by atoms with van der Waals surface area (Å²) in [5.41, 5.74) is 9.91. The number of hydrogen-bond donors (Lipinski definition) is 1. The van der Waals surface area contributed by atoms with Crippen molar-refractivity contribution >= 4 is 5.69 Å². The van der Waals surface area contributed by atoms with Crippen molar-refractivity contribution < 1.29 is 0 Å². The number of fused-ring (bicyclic) bond motifs is 1. The predicted octanol–water partition coefficient (Wildman–Crippen LogP) is 0.983. The molecule has 1 unspecified atom stereocenters. The highest BCUT2D eigenvalue weighted by Crippen LogP contribution is 2.30. The molecule has 1 atom stereocenters. The summed E-state index contributed by atoms with van der Waals surface area (Å²) in [6.45, 7) is 4.80. The van der Waals surface area contributed by atoms with Crippen LogP contribution >= 0.6 is 0 Å². The molecule has 3 rings (SSSR count). The van der Waals surface area contributed by atoms with Gasteiger partial charge < -0.3 is 10.6 Å². The Hall–Kier alpha value is -1.06. The lowest BCUT2D eigenvalue weighted by Crippen LogP contribution is -2.49. The highest BCUT2D eigenvalue weighted by Gasteiger charge is 2.29. The van der Waals surface area contributed by atoms with Gasteiger partial charge in [-0.05, 0) is 37.1 Å². The predicted molar refractivity (Wildman–Crippen MR) is 71.1 cm³/mol. The second kappa shape index (κ2) is 4.31. The van der Waals surface area contributed by atoms with Crippen molar-refractivity contribution in [1.29, 1.82) is 0 Å². The van der Waals surface area contributed by atoms with E-state index in [0.717, 1.165) is 12.1 Å². The zero-order chi connectivity index (χ0) is 11.8. The van der Waals surface area contributed by atoms with E-state index in [1.165, 1.54) is 43.7 Å². The minimum absolute atomic E-state index is 0.684. The van der Waals surface area contributed by atoms with E-state index in [2.05, 4.69) is 29.0 Å². The van der Waals surface area contributed by atoms with E-state index in [-0.39, 0.29) is 0 Å². The van der Waals surface area contributed by atoms with Crippen LogP contribution in [0.25, 0.3) is 0 Å². The van der Waals surface area contributed by atoms with E-state index in [9.17, 15) is 0 Å². The third-order valence-corrected chi connectivity index (χ3v) is 4.26. The summed E-state index contributed by atoms with van der Waals surface area (Å²) in [6, 6.07) is 7.04. The molecule has 3 nitrogen and oxygen atoms in total. The summed E-state index contributed by atoms with van der Waals surface area (Å²) < 4.78 is 0. The molecule has 3 heteroatoms. The molecule has 0 bridgehead atoms. The maximum Gasteiger partial charge on any atom is 0.0349 e. The summed E-state index contributed by atoms with van der Waals surface area (Å²) in [6.07, 6.45) is 2.33. The van der Waals surface area contributed by atoms with Gasteiger partial charge in [-0.2, -0.15) is 0 Å². The van der Waals surface area contributed by atoms with Crippen molar-refractivity contribution in [3.8, 4) is 0 Å². The van der Waals surface area contributed by atoms with Crippen molar-refractivity contribution in [3.63, 3.8) is 0 Å². The quantitative estimate of drug-likeness (QED) is 0.731. The van der Waals surface area contributed by atoms with Gasteiger partial charge in [-0.3, -0.25) is 4.90 Å². The van der Waals surface area contributed by atoms with Crippen molar-refractivity contribution in [1.82, 2.24) is 9.80 Å². The number of anilines is 1. The number of likely N-dealkylation sites (N-methyl/N-ethyl adjacent to an activating group) is 1. The van der Waals surface area contributed by atoms with Gasteiger partial charge in [-0.1, -0.05) is 12.1 Å². The van der Waals surface area contributed by atoms with Gasteiger partial charge in [0.2, 0.25) is 0 Å². The van der Waals surface area contributed by atoms with Gasteiger partial charge in [0.05, 0.1) is 0 Å². The fourth-order valence-corrected chi connectivity index (χ4v) is 3.10. The Bertz CT molecular complexity index is 408. The fourth-order valence-electron chi connectivity index (χ4n) is 3.10. The highest BCUT2D eigenvalue weighted by molar-refractivity contribution is 5.53. The topological polar surface area (TPSA) is 32.5 Å². The lowest BCUT2D eigenvalue weighted by molar-refractivity contribution is 0.115. The SMILES string of the molecule is CN1CCN(C2Cc3cccc(N)c3C2)CC1. The van der Waals surface area contributed by atoms with Crippen LogP contribution in [-0.2, 0) is 12.8 Å². The molecule has 1 saturated heterocycles. The van der Waals surface area contributed by atoms with E-state index < -0.39 is 0 Å². The van der Waals surface area contributed by atoms with Crippen LogP contribution in [0.2, 0.25) is 0 Å². The Balaban J connectivity index is 1.72. The Labute approximate surface area is 103 Å². The third-order valence-electron chi connectivity index (χ3n) is 4.26. The number of benzene rings is 1. The standard InChI is InChI=1S/C14H21N3/c1-16-5-7-17(8-6-16)12-9-11-3-2-4-14(15)13(11)10-12/h2-4,12H,5-10,15H2,1H3. The highest BCUT2D eigenvalue weighted by atomic mass is 15.3. The molecule has 1 aliphatic carbocycles. The number of piperazine rings is 1. The summed E-state index contributed by atoms with van der Waals surface area (Å²) >= 11 is 0. The van der Waals surface area contributed by atoms with Crippen molar-refractivity contribution in [2.75, 3.05) is 39.0 Å². The molecular weight excluding hydrogens is 210 g/mol. The molecule has 0 radical (unpaired) electrons. The van der Waals surface area contributed by atoms with Crippen molar-refractivity contribution in [2.24, 2.45) is 0 Å². The van der Waals surface area contributed by atoms with Crippen LogP contribution in [0.1, 0.15) is 11.1 Å². The minimum Gasteiger partial charge on any atom is -0.398 e. The fraction of sp³-hybridized carbons (Fsp3) is 0.571. The lowest BCUT2D eigenvalue weighted by atomic mass is 10.1. The molecule has 0 spiro atoms. The molecule has 1 heterocycles. The number of nitrogen functional groups attached to an aromatic ring is 1. The lowest BCUT2D eigenvalue weighted by Gasteiger charge is -2.36. The average Bonchev–Trinajstić information content (AvgIpc) is 2.75. The molecule has 0 aromatic heterocycles. The Morgan fingerprint density at radius 3 is 2.59 bits per heavy atom. The van der Waals surface area contributed by atoms with Gasteiger partial charge in [0.1, 0.15) is 0 Å². The first-order valence-electron chi connectivity index (χ1n) is 6.53. The largest absolute Gasteiger partial charge is 0.398 e. The van der Waals surface area contributed by atoms with Crippen LogP contribution in [0.3, 0.4) is 0 Å². The van der Waals surface area contributed by atoms with Gasteiger partial charge in [0.15, 0.2) is 0 Å². The molecule has 0 saturated carbocycles. The van der Waals surface area contributed by atoms with Crippen LogP contribution in [0, 0.1) is 0 Å². The van der Waals surface area contributed by atoms with E-state index in [4.69, 9.17) is 5.73 Å². The smallest absolute Gasteiger partial charge is 0.0349 e. The maximum atomic E-state index is 6.06. The normalized spacial score (nSPS) is 26.1. The molecule has 2 N–H and O–H groups in total. The molecule has 2 aliphatic rings. The number of hydrogen-bond acceptors (Lipinski definition) is 3. The zero-order valence-electron chi connectivity index (χ0n) is 10.5. The van der Waals surface area contributed by atoms with Crippen LogP contribution in [0.4, 0.5) is 5.69 Å². The second-order valence-electron chi connectivity index (χ2n) is 5.39. The van der Waals surface area contributed by atoms with Gasteiger partial charge in [-0.15, -0.1) is 0 Å². The van der Waals surface area contributed by atoms with E-state index in [1.807, 2.05) is 6.07 Å². The zero-order valence-corrected chi connectivity index (χ0v) is 10.5. The Morgan fingerprint density at radius 1 is 1.12 bits per heavy atom. The number of nitrogens with zero attached hydrogens (tertiary/aromatic N) is 2. The van der Waals surface area contributed by atoms with Gasteiger partial charge in [0, 0.05) is 37.9 Å².